The first-order valence-electron chi connectivity index (χ1n) is 11.0. The van der Waals surface area contributed by atoms with Gasteiger partial charge in [-0.1, -0.05) is 12.1 Å². The number of benzene rings is 2. The predicted octanol–water partition coefficient (Wildman–Crippen LogP) is 2.36. The lowest BCUT2D eigenvalue weighted by Crippen LogP contribution is -2.41. The van der Waals surface area contributed by atoms with E-state index in [1.807, 2.05) is 0 Å². The predicted molar refractivity (Wildman–Crippen MR) is 126 cm³/mol. The molecule has 0 unspecified atom stereocenters. The van der Waals surface area contributed by atoms with Crippen LogP contribution in [0.15, 0.2) is 39.5 Å². The van der Waals surface area contributed by atoms with E-state index in [1.165, 1.54) is 13.2 Å². The van der Waals surface area contributed by atoms with E-state index >= 15 is 0 Å². The van der Waals surface area contributed by atoms with Crippen molar-refractivity contribution in [1.82, 2.24) is 10.2 Å². The molecular formula is C25H26N2O7. The molecule has 9 nitrogen and oxygen atoms in total. The number of aromatic hydroxyl groups is 1. The summed E-state index contributed by atoms with van der Waals surface area (Å²) in [5.41, 5.74) is 1.03. The lowest BCUT2D eigenvalue weighted by atomic mass is 9.96. The van der Waals surface area contributed by atoms with Crippen molar-refractivity contribution < 1.29 is 28.6 Å². The van der Waals surface area contributed by atoms with Gasteiger partial charge in [0.2, 0.25) is 0 Å². The zero-order valence-corrected chi connectivity index (χ0v) is 19.1. The van der Waals surface area contributed by atoms with E-state index in [1.54, 1.807) is 31.2 Å². The Morgan fingerprint density at radius 3 is 2.59 bits per heavy atom. The number of nitrogens with zero attached hydrogens (tertiary/aromatic N) is 1. The Morgan fingerprint density at radius 2 is 1.94 bits per heavy atom. The average molecular weight is 466 g/mol. The third kappa shape index (κ3) is 4.52. The van der Waals surface area contributed by atoms with Crippen LogP contribution in [0.5, 0.6) is 11.5 Å². The molecule has 1 aliphatic heterocycles. The molecule has 1 saturated heterocycles. The molecule has 3 aromatic rings. The normalized spacial score (nSPS) is 14.2. The Morgan fingerprint density at radius 1 is 1.24 bits per heavy atom. The quantitative estimate of drug-likeness (QED) is 0.402. The maximum absolute atomic E-state index is 12.8. The highest BCUT2D eigenvalue weighted by Gasteiger charge is 2.21. The van der Waals surface area contributed by atoms with Gasteiger partial charge in [-0.05, 0) is 30.2 Å². The van der Waals surface area contributed by atoms with E-state index in [4.69, 9.17) is 13.9 Å². The Labute approximate surface area is 195 Å². The van der Waals surface area contributed by atoms with Crippen molar-refractivity contribution in [3.63, 3.8) is 0 Å². The average Bonchev–Trinajstić information content (AvgIpc) is 2.84. The molecule has 0 radical (unpaired) electrons. The Balaban J connectivity index is 1.59. The SMILES string of the molecule is COc1cc(O)c(C=O)c2oc(=O)c(-c3ccc(C(=O)NCCN4CCOCC4)cc3)c(C)c12. The monoisotopic (exact) mass is 466 g/mol. The number of carbonyl (C=O) groups is 2. The summed E-state index contributed by atoms with van der Waals surface area (Å²) in [6, 6.07) is 7.96. The zero-order valence-electron chi connectivity index (χ0n) is 19.1. The summed E-state index contributed by atoms with van der Waals surface area (Å²) in [5.74, 6) is -0.259. The first kappa shape index (κ1) is 23.5. The van der Waals surface area contributed by atoms with E-state index in [-0.39, 0.29) is 34.1 Å². The first-order chi connectivity index (χ1) is 16.4. The van der Waals surface area contributed by atoms with Crippen LogP contribution in [-0.2, 0) is 4.74 Å². The van der Waals surface area contributed by atoms with Crippen molar-refractivity contribution >= 4 is 23.2 Å². The van der Waals surface area contributed by atoms with Crippen LogP contribution in [0.2, 0.25) is 0 Å². The van der Waals surface area contributed by atoms with Gasteiger partial charge >= 0.3 is 5.63 Å². The van der Waals surface area contributed by atoms with Gasteiger partial charge in [0, 0.05) is 37.8 Å². The fourth-order valence-electron chi connectivity index (χ4n) is 4.17. The first-order valence-corrected chi connectivity index (χ1v) is 11.0. The minimum atomic E-state index is -0.663. The number of hydrogen-bond acceptors (Lipinski definition) is 8. The van der Waals surface area contributed by atoms with Crippen LogP contribution in [0.3, 0.4) is 0 Å². The summed E-state index contributed by atoms with van der Waals surface area (Å²) in [7, 11) is 1.42. The summed E-state index contributed by atoms with van der Waals surface area (Å²) in [6.07, 6.45) is 0.436. The molecule has 1 amide bonds. The number of nitrogens with one attached hydrogen (secondary N) is 1. The van der Waals surface area contributed by atoms with Gasteiger partial charge in [0.15, 0.2) is 11.9 Å². The summed E-state index contributed by atoms with van der Waals surface area (Å²) >= 11 is 0. The molecule has 2 heterocycles. The number of amides is 1. The van der Waals surface area contributed by atoms with E-state index in [2.05, 4.69) is 10.2 Å². The molecule has 2 aromatic carbocycles. The van der Waals surface area contributed by atoms with Gasteiger partial charge in [0.25, 0.3) is 5.91 Å². The second-order valence-corrected chi connectivity index (χ2v) is 8.01. The van der Waals surface area contributed by atoms with Crippen molar-refractivity contribution in [2.24, 2.45) is 0 Å². The number of phenols is 1. The largest absolute Gasteiger partial charge is 0.507 e. The molecule has 1 aromatic heterocycles. The molecule has 0 saturated carbocycles. The van der Waals surface area contributed by atoms with Gasteiger partial charge in [-0.3, -0.25) is 14.5 Å². The molecule has 0 spiro atoms. The number of hydrogen-bond donors (Lipinski definition) is 2. The van der Waals surface area contributed by atoms with E-state index < -0.39 is 5.63 Å². The molecule has 0 atom stereocenters. The zero-order chi connectivity index (χ0) is 24.2. The number of aryl methyl sites for hydroxylation is 1. The summed E-state index contributed by atoms with van der Waals surface area (Å²) in [5, 5.41) is 13.4. The van der Waals surface area contributed by atoms with Crippen LogP contribution < -0.4 is 15.7 Å². The fourth-order valence-corrected chi connectivity index (χ4v) is 4.17. The second-order valence-electron chi connectivity index (χ2n) is 8.01. The topological polar surface area (TPSA) is 118 Å². The molecule has 34 heavy (non-hydrogen) atoms. The van der Waals surface area contributed by atoms with Crippen LogP contribution in [0.1, 0.15) is 26.3 Å². The summed E-state index contributed by atoms with van der Waals surface area (Å²) < 4.78 is 16.1. The highest BCUT2D eigenvalue weighted by atomic mass is 16.5. The van der Waals surface area contributed by atoms with Gasteiger partial charge in [-0.25, -0.2) is 4.79 Å². The van der Waals surface area contributed by atoms with Gasteiger partial charge < -0.3 is 24.3 Å². The van der Waals surface area contributed by atoms with Gasteiger partial charge in [-0.15, -0.1) is 0 Å². The van der Waals surface area contributed by atoms with Crippen LogP contribution >= 0.6 is 0 Å². The minimum Gasteiger partial charge on any atom is -0.507 e. The molecule has 0 aliphatic carbocycles. The highest BCUT2D eigenvalue weighted by molar-refractivity contribution is 6.03. The highest BCUT2D eigenvalue weighted by Crippen LogP contribution is 2.38. The molecule has 9 heteroatoms. The number of fused-ring (bicyclic) bond motifs is 1. The third-order valence-corrected chi connectivity index (χ3v) is 6.00. The van der Waals surface area contributed by atoms with Crippen LogP contribution in [0, 0.1) is 6.92 Å². The van der Waals surface area contributed by atoms with E-state index in [9.17, 15) is 19.5 Å². The molecule has 4 rings (SSSR count). The Kier molecular flexibility index (Phi) is 6.95. The van der Waals surface area contributed by atoms with Crippen molar-refractivity contribution in [3.05, 3.63) is 57.4 Å². The van der Waals surface area contributed by atoms with E-state index in [0.717, 1.165) is 19.6 Å². The molecule has 2 N–H and O–H groups in total. The Hall–Kier alpha value is -3.69. The van der Waals surface area contributed by atoms with Crippen molar-refractivity contribution in [3.8, 4) is 22.6 Å². The van der Waals surface area contributed by atoms with Crippen molar-refractivity contribution in [2.75, 3.05) is 46.5 Å². The fraction of sp³-hybridized carbons (Fsp3) is 0.320. The third-order valence-electron chi connectivity index (χ3n) is 6.00. The number of rotatable bonds is 7. The summed E-state index contributed by atoms with van der Waals surface area (Å²) in [6.45, 7) is 6.13. The van der Waals surface area contributed by atoms with Crippen molar-refractivity contribution in [1.29, 1.82) is 0 Å². The second kappa shape index (κ2) is 10.1. The van der Waals surface area contributed by atoms with Gasteiger partial charge in [0.1, 0.15) is 11.5 Å². The molecule has 1 fully saturated rings. The van der Waals surface area contributed by atoms with Gasteiger partial charge in [0.05, 0.1) is 36.8 Å². The smallest absolute Gasteiger partial charge is 0.344 e. The molecule has 0 bridgehead atoms. The number of ether oxygens (including phenoxy) is 2. The van der Waals surface area contributed by atoms with Gasteiger partial charge in [-0.2, -0.15) is 0 Å². The maximum atomic E-state index is 12.8. The summed E-state index contributed by atoms with van der Waals surface area (Å²) in [4.78, 5) is 39.1. The molecule has 1 aliphatic rings. The van der Waals surface area contributed by atoms with Crippen LogP contribution in [0.25, 0.3) is 22.1 Å². The molecular weight excluding hydrogens is 440 g/mol. The number of phenolic OH excluding ortho intramolecular Hbond substituents is 1. The number of morpholine rings is 1. The number of carbonyl (C=O) groups excluding carboxylic acids is 2. The maximum Gasteiger partial charge on any atom is 0.344 e. The van der Waals surface area contributed by atoms with Crippen LogP contribution in [-0.4, -0.2) is 68.7 Å². The lowest BCUT2D eigenvalue weighted by Gasteiger charge is -2.26. The van der Waals surface area contributed by atoms with Crippen molar-refractivity contribution in [2.45, 2.75) is 6.92 Å². The van der Waals surface area contributed by atoms with Crippen LogP contribution in [0.4, 0.5) is 0 Å². The molecule has 178 valence electrons. The Bertz CT molecular complexity index is 1280. The lowest BCUT2D eigenvalue weighted by molar-refractivity contribution is 0.0383. The minimum absolute atomic E-state index is 0.0330. The van der Waals surface area contributed by atoms with E-state index in [0.29, 0.717) is 48.1 Å². The number of aldehydes is 1. The standard InChI is InChI=1S/C25H26N2O7/c1-15-21(25(31)34-23-18(14-28)19(29)13-20(32-2)22(15)23)16-3-5-17(6-4-16)24(30)26-7-8-27-9-11-33-12-10-27/h3-6,13-14,29H,7-12H2,1-2H3,(H,26,30). The number of methoxy groups -OCH3 is 1.